The summed E-state index contributed by atoms with van der Waals surface area (Å²) < 4.78 is 0. The Labute approximate surface area is 136 Å². The van der Waals surface area contributed by atoms with Crippen molar-refractivity contribution in [2.24, 2.45) is 0 Å². The molecule has 3 heteroatoms. The predicted octanol–water partition coefficient (Wildman–Crippen LogP) is 4.36. The predicted molar refractivity (Wildman–Crippen MR) is 94.8 cm³/mol. The molecule has 21 heavy (non-hydrogen) atoms. The molecule has 3 rings (SSSR count). The van der Waals surface area contributed by atoms with Crippen molar-refractivity contribution in [1.29, 1.82) is 0 Å². The van der Waals surface area contributed by atoms with Crippen LogP contribution < -0.4 is 0 Å². The molecule has 3 unspecified atom stereocenters. The number of hydrogen-bond donors (Lipinski definition) is 0. The van der Waals surface area contributed by atoms with Gasteiger partial charge in [0.1, 0.15) is 0 Å². The molecule has 0 N–H and O–H groups in total. The van der Waals surface area contributed by atoms with Crippen LogP contribution in [0.2, 0.25) is 6.04 Å². The fourth-order valence-corrected chi connectivity index (χ4v) is 5.41. The van der Waals surface area contributed by atoms with Gasteiger partial charge < -0.3 is 0 Å². The number of nitrogens with zero attached hydrogens (tertiary/aromatic N) is 1. The largest absolute Gasteiger partial charge is 0.284 e. The number of fused-ring (bicyclic) bond motifs is 1. The van der Waals surface area contributed by atoms with Gasteiger partial charge in [0.2, 0.25) is 0 Å². The van der Waals surface area contributed by atoms with Crippen LogP contribution in [0.15, 0.2) is 36.4 Å². The summed E-state index contributed by atoms with van der Waals surface area (Å²) >= 11 is 2.20. The van der Waals surface area contributed by atoms with E-state index < -0.39 is 0 Å². The molecule has 0 bridgehead atoms. The molecule has 2 aliphatic rings. The third kappa shape index (κ3) is 3.82. The Morgan fingerprint density at radius 1 is 1.19 bits per heavy atom. The van der Waals surface area contributed by atoms with Gasteiger partial charge in [0.05, 0.1) is 5.37 Å². The van der Waals surface area contributed by atoms with Gasteiger partial charge in [-0.25, -0.2) is 0 Å². The van der Waals surface area contributed by atoms with E-state index in [1.165, 1.54) is 44.2 Å². The standard InChI is InChI=1S/C18H24NSSi/c21-14-6-13-19-16-9-4-5-10-17(16)20-18(19)12-11-15-7-2-1-3-8-15/h1-3,7-8,11-12,16-18H,4-6,9-10,13-14H2/b12-11+. The summed E-state index contributed by atoms with van der Waals surface area (Å²) in [6.45, 7) is 1.22. The molecule has 1 saturated carbocycles. The van der Waals surface area contributed by atoms with Crippen molar-refractivity contribution in [3.05, 3.63) is 42.0 Å². The molecule has 3 atom stereocenters. The second-order valence-electron chi connectivity index (χ2n) is 6.03. The summed E-state index contributed by atoms with van der Waals surface area (Å²) in [7, 11) is 3.64. The van der Waals surface area contributed by atoms with Crippen LogP contribution in [0.3, 0.4) is 0 Å². The van der Waals surface area contributed by atoms with E-state index in [9.17, 15) is 0 Å². The molecule has 0 aromatic heterocycles. The Morgan fingerprint density at radius 2 is 2.00 bits per heavy atom. The number of rotatable bonds is 5. The maximum atomic E-state index is 3.64. The van der Waals surface area contributed by atoms with E-state index in [1.54, 1.807) is 0 Å². The normalized spacial score (nSPS) is 29.9. The topological polar surface area (TPSA) is 3.24 Å². The summed E-state index contributed by atoms with van der Waals surface area (Å²) in [6, 6.07) is 12.6. The number of benzene rings is 1. The number of hydrogen-bond acceptors (Lipinski definition) is 2. The first kappa shape index (κ1) is 15.4. The van der Waals surface area contributed by atoms with Gasteiger partial charge in [-0.05, 0) is 31.4 Å². The lowest BCUT2D eigenvalue weighted by atomic mass is 9.93. The molecule has 1 saturated heterocycles. The third-order valence-electron chi connectivity index (χ3n) is 4.58. The molecule has 1 aliphatic heterocycles. The van der Waals surface area contributed by atoms with E-state index in [0.717, 1.165) is 17.3 Å². The summed E-state index contributed by atoms with van der Waals surface area (Å²) in [6.07, 6.45) is 11.6. The Kier molecular flexibility index (Phi) is 5.61. The van der Waals surface area contributed by atoms with Gasteiger partial charge in [0.25, 0.3) is 0 Å². The molecule has 0 spiro atoms. The molecule has 3 radical (unpaired) electrons. The zero-order valence-corrected chi connectivity index (χ0v) is 14.4. The lowest BCUT2D eigenvalue weighted by Crippen LogP contribution is -2.40. The molecule has 111 valence electrons. The van der Waals surface area contributed by atoms with E-state index in [4.69, 9.17) is 0 Å². The van der Waals surface area contributed by atoms with Gasteiger partial charge in [0, 0.05) is 21.5 Å². The fourth-order valence-electron chi connectivity index (χ4n) is 3.53. The summed E-state index contributed by atoms with van der Waals surface area (Å²) in [5, 5.41) is 1.43. The maximum Gasteiger partial charge on any atom is 0.0753 e. The molecule has 1 aromatic carbocycles. The Bertz CT molecular complexity index is 462. The van der Waals surface area contributed by atoms with Crippen LogP contribution in [0.1, 0.15) is 37.7 Å². The quantitative estimate of drug-likeness (QED) is 0.743. The van der Waals surface area contributed by atoms with E-state index in [2.05, 4.69) is 69.4 Å². The van der Waals surface area contributed by atoms with Crippen LogP contribution in [0.5, 0.6) is 0 Å². The van der Waals surface area contributed by atoms with Crippen molar-refractivity contribution < 1.29 is 0 Å². The molecular weight excluding hydrogens is 290 g/mol. The lowest BCUT2D eigenvalue weighted by molar-refractivity contribution is 0.186. The summed E-state index contributed by atoms with van der Waals surface area (Å²) in [4.78, 5) is 2.76. The van der Waals surface area contributed by atoms with Crippen molar-refractivity contribution in [2.45, 2.75) is 54.8 Å². The van der Waals surface area contributed by atoms with Crippen molar-refractivity contribution >= 4 is 28.1 Å². The maximum absolute atomic E-state index is 3.64. The van der Waals surface area contributed by atoms with Gasteiger partial charge in [-0.15, -0.1) is 11.8 Å². The highest BCUT2D eigenvalue weighted by Crippen LogP contribution is 2.43. The van der Waals surface area contributed by atoms with Crippen molar-refractivity contribution in [1.82, 2.24) is 4.90 Å². The summed E-state index contributed by atoms with van der Waals surface area (Å²) in [5.74, 6) is 0. The summed E-state index contributed by atoms with van der Waals surface area (Å²) in [5.41, 5.74) is 1.31. The lowest BCUT2D eigenvalue weighted by Gasteiger charge is -2.32. The molecule has 1 heterocycles. The molecule has 0 amide bonds. The molecule has 2 fully saturated rings. The second kappa shape index (κ2) is 7.66. The second-order valence-corrected chi connectivity index (χ2v) is 7.89. The minimum absolute atomic E-state index is 0.566. The van der Waals surface area contributed by atoms with Gasteiger partial charge in [-0.3, -0.25) is 4.90 Å². The minimum atomic E-state index is 0.566. The van der Waals surface area contributed by atoms with Crippen LogP contribution >= 0.6 is 11.8 Å². The molecular formula is C18H24NSSi. The van der Waals surface area contributed by atoms with Gasteiger partial charge >= 0.3 is 0 Å². The first-order chi connectivity index (χ1) is 10.4. The van der Waals surface area contributed by atoms with E-state index in [0.29, 0.717) is 5.37 Å². The SMILES string of the molecule is [Si]CCCN1C(/C=C/c2ccccc2)SC2CCCCC21. The van der Waals surface area contributed by atoms with Crippen molar-refractivity contribution in [3.8, 4) is 0 Å². The van der Waals surface area contributed by atoms with E-state index in [1.807, 2.05) is 0 Å². The fraction of sp³-hybridized carbons (Fsp3) is 0.556. The third-order valence-corrected chi connectivity index (χ3v) is 6.54. The van der Waals surface area contributed by atoms with Crippen LogP contribution in [0.25, 0.3) is 6.08 Å². The molecule has 1 nitrogen and oxygen atoms in total. The Balaban J connectivity index is 1.71. The smallest absolute Gasteiger partial charge is 0.0753 e. The average molecular weight is 315 g/mol. The monoisotopic (exact) mass is 314 g/mol. The highest BCUT2D eigenvalue weighted by molar-refractivity contribution is 8.00. The molecule has 1 aliphatic carbocycles. The van der Waals surface area contributed by atoms with Crippen molar-refractivity contribution in [3.63, 3.8) is 0 Å². The van der Waals surface area contributed by atoms with Gasteiger partial charge in [-0.1, -0.05) is 61.4 Å². The Hall–Kier alpha value is -0.513. The minimum Gasteiger partial charge on any atom is -0.284 e. The first-order valence-electron chi connectivity index (χ1n) is 8.17. The van der Waals surface area contributed by atoms with Crippen LogP contribution in [-0.4, -0.2) is 38.4 Å². The zero-order chi connectivity index (χ0) is 14.5. The van der Waals surface area contributed by atoms with Crippen LogP contribution in [-0.2, 0) is 0 Å². The Morgan fingerprint density at radius 3 is 2.81 bits per heavy atom. The van der Waals surface area contributed by atoms with Gasteiger partial charge in [0.15, 0.2) is 0 Å². The van der Waals surface area contributed by atoms with E-state index >= 15 is 0 Å². The first-order valence-corrected chi connectivity index (χ1v) is 9.82. The van der Waals surface area contributed by atoms with Crippen molar-refractivity contribution in [2.75, 3.05) is 6.54 Å². The van der Waals surface area contributed by atoms with Crippen LogP contribution in [0.4, 0.5) is 0 Å². The highest BCUT2D eigenvalue weighted by atomic mass is 32.2. The number of thioether (sulfide) groups is 1. The average Bonchev–Trinajstić information content (AvgIpc) is 2.89. The van der Waals surface area contributed by atoms with Crippen LogP contribution in [0, 0.1) is 0 Å². The van der Waals surface area contributed by atoms with E-state index in [-0.39, 0.29) is 0 Å². The highest BCUT2D eigenvalue weighted by Gasteiger charge is 2.40. The zero-order valence-electron chi connectivity index (χ0n) is 12.6. The van der Waals surface area contributed by atoms with Gasteiger partial charge in [-0.2, -0.15) is 0 Å². The molecule has 1 aromatic rings.